The molecule has 8 nitrogen and oxygen atoms in total. The van der Waals surface area contributed by atoms with Crippen LogP contribution in [0.25, 0.3) is 0 Å². The summed E-state index contributed by atoms with van der Waals surface area (Å²) in [6, 6.07) is 10.1. The molecular formula is C20H23NO7. The number of rotatable bonds is 9. The van der Waals surface area contributed by atoms with Crippen LogP contribution < -0.4 is 24.3 Å². The first kappa shape index (κ1) is 20.9. The summed E-state index contributed by atoms with van der Waals surface area (Å²) in [6.07, 6.45) is 0. The molecule has 0 aromatic heterocycles. The molecule has 0 heterocycles. The van der Waals surface area contributed by atoms with E-state index in [1.54, 1.807) is 37.4 Å². The quantitative estimate of drug-likeness (QED) is 0.657. The van der Waals surface area contributed by atoms with Gasteiger partial charge in [0, 0.05) is 6.54 Å². The second kappa shape index (κ2) is 10.1. The molecule has 0 radical (unpaired) electrons. The molecule has 0 aliphatic rings. The molecule has 1 N–H and O–H groups in total. The highest BCUT2D eigenvalue weighted by Gasteiger charge is 2.18. The fraction of sp³-hybridized carbons (Fsp3) is 0.300. The van der Waals surface area contributed by atoms with Gasteiger partial charge in [-0.1, -0.05) is 12.1 Å². The number of nitrogens with one attached hydrogen (secondary N) is 1. The predicted molar refractivity (Wildman–Crippen MR) is 101 cm³/mol. The molecule has 2 aromatic rings. The molecule has 2 rings (SSSR count). The van der Waals surface area contributed by atoms with Gasteiger partial charge in [0.1, 0.15) is 5.56 Å². The maximum absolute atomic E-state index is 12.3. The second-order valence-corrected chi connectivity index (χ2v) is 5.58. The van der Waals surface area contributed by atoms with Crippen molar-refractivity contribution < 1.29 is 33.3 Å². The summed E-state index contributed by atoms with van der Waals surface area (Å²) in [5.41, 5.74) is 0.987. The summed E-state index contributed by atoms with van der Waals surface area (Å²) in [7, 11) is 5.97. The topological polar surface area (TPSA) is 92.3 Å². The van der Waals surface area contributed by atoms with E-state index in [-0.39, 0.29) is 17.9 Å². The van der Waals surface area contributed by atoms with Crippen LogP contribution in [0.15, 0.2) is 36.4 Å². The third-order valence-electron chi connectivity index (χ3n) is 3.89. The van der Waals surface area contributed by atoms with E-state index in [1.165, 1.54) is 27.4 Å². The van der Waals surface area contributed by atoms with E-state index in [0.29, 0.717) is 17.2 Å². The van der Waals surface area contributed by atoms with Crippen molar-refractivity contribution in [2.75, 3.05) is 35.0 Å². The van der Waals surface area contributed by atoms with E-state index < -0.39 is 18.5 Å². The first-order chi connectivity index (χ1) is 13.5. The summed E-state index contributed by atoms with van der Waals surface area (Å²) in [5.74, 6) is 0.683. The van der Waals surface area contributed by atoms with Crippen LogP contribution in [0.4, 0.5) is 0 Å². The zero-order valence-electron chi connectivity index (χ0n) is 16.2. The lowest BCUT2D eigenvalue weighted by molar-refractivity contribution is -0.124. The number of esters is 1. The second-order valence-electron chi connectivity index (χ2n) is 5.58. The van der Waals surface area contributed by atoms with Crippen molar-refractivity contribution in [1.29, 1.82) is 0 Å². The van der Waals surface area contributed by atoms with Crippen molar-refractivity contribution >= 4 is 11.9 Å². The molecule has 0 saturated carbocycles. The molecule has 150 valence electrons. The Kier molecular flexibility index (Phi) is 7.50. The van der Waals surface area contributed by atoms with E-state index >= 15 is 0 Å². The number of carbonyl (C=O) groups is 2. The monoisotopic (exact) mass is 389 g/mol. The number of methoxy groups -OCH3 is 4. The highest BCUT2D eigenvalue weighted by molar-refractivity contribution is 5.94. The molecule has 1 amide bonds. The van der Waals surface area contributed by atoms with E-state index in [2.05, 4.69) is 5.32 Å². The Hall–Kier alpha value is -3.42. The molecule has 8 heteroatoms. The summed E-state index contributed by atoms with van der Waals surface area (Å²) < 4.78 is 25.8. The Balaban J connectivity index is 1.92. The van der Waals surface area contributed by atoms with Crippen LogP contribution in [0, 0.1) is 0 Å². The van der Waals surface area contributed by atoms with Crippen molar-refractivity contribution in [2.45, 2.75) is 6.54 Å². The van der Waals surface area contributed by atoms with Crippen LogP contribution in [-0.4, -0.2) is 46.9 Å². The van der Waals surface area contributed by atoms with Gasteiger partial charge in [0.15, 0.2) is 29.6 Å². The van der Waals surface area contributed by atoms with Crippen molar-refractivity contribution in [1.82, 2.24) is 5.32 Å². The van der Waals surface area contributed by atoms with Crippen LogP contribution in [-0.2, 0) is 16.1 Å². The molecule has 0 aliphatic carbocycles. The van der Waals surface area contributed by atoms with Gasteiger partial charge in [0.05, 0.1) is 28.4 Å². The van der Waals surface area contributed by atoms with Gasteiger partial charge in [-0.3, -0.25) is 4.79 Å². The van der Waals surface area contributed by atoms with E-state index in [9.17, 15) is 9.59 Å². The third kappa shape index (κ3) is 5.06. The minimum Gasteiger partial charge on any atom is -0.493 e. The standard InChI is InChI=1S/C20H23NO7/c1-24-15-9-8-13(10-17(15)26-3)11-21-18(22)12-28-20(23)14-6-5-7-16(25-2)19(14)27-4/h5-10H,11-12H2,1-4H3,(H,21,22). The average molecular weight is 389 g/mol. The molecule has 0 aliphatic heterocycles. The largest absolute Gasteiger partial charge is 0.493 e. The molecule has 0 fully saturated rings. The SMILES string of the molecule is COc1ccc(CNC(=O)COC(=O)c2cccc(OC)c2OC)cc1OC. The van der Waals surface area contributed by atoms with Crippen LogP contribution in [0.1, 0.15) is 15.9 Å². The van der Waals surface area contributed by atoms with E-state index in [1.807, 2.05) is 0 Å². The van der Waals surface area contributed by atoms with Crippen LogP contribution >= 0.6 is 0 Å². The number of ether oxygens (including phenoxy) is 5. The molecule has 0 unspecified atom stereocenters. The van der Waals surface area contributed by atoms with Crippen LogP contribution in [0.3, 0.4) is 0 Å². The van der Waals surface area contributed by atoms with Gasteiger partial charge >= 0.3 is 5.97 Å². The van der Waals surface area contributed by atoms with Crippen molar-refractivity contribution in [3.63, 3.8) is 0 Å². The summed E-state index contributed by atoms with van der Waals surface area (Å²) in [5, 5.41) is 2.68. The Morgan fingerprint density at radius 1 is 0.857 bits per heavy atom. The number of carbonyl (C=O) groups excluding carboxylic acids is 2. The fourth-order valence-electron chi connectivity index (χ4n) is 2.50. The summed E-state index contributed by atoms with van der Waals surface area (Å²) in [6.45, 7) is -0.175. The molecule has 2 aromatic carbocycles. The molecule has 0 atom stereocenters. The number of para-hydroxylation sites is 1. The fourth-order valence-corrected chi connectivity index (χ4v) is 2.50. The summed E-state index contributed by atoms with van der Waals surface area (Å²) >= 11 is 0. The zero-order chi connectivity index (χ0) is 20.5. The number of amides is 1. The Labute approximate surface area is 163 Å². The lowest BCUT2D eigenvalue weighted by atomic mass is 10.2. The highest BCUT2D eigenvalue weighted by atomic mass is 16.5. The van der Waals surface area contributed by atoms with E-state index in [0.717, 1.165) is 5.56 Å². The lowest BCUT2D eigenvalue weighted by Crippen LogP contribution is -2.28. The summed E-state index contributed by atoms with van der Waals surface area (Å²) in [4.78, 5) is 24.3. The molecule has 0 bridgehead atoms. The minimum absolute atomic E-state index is 0.176. The van der Waals surface area contributed by atoms with Gasteiger partial charge < -0.3 is 29.0 Å². The molecule has 28 heavy (non-hydrogen) atoms. The van der Waals surface area contributed by atoms with Crippen molar-refractivity contribution in [2.24, 2.45) is 0 Å². The lowest BCUT2D eigenvalue weighted by Gasteiger charge is -2.12. The Bertz CT molecular complexity index is 835. The number of benzene rings is 2. The minimum atomic E-state index is -0.683. The first-order valence-electron chi connectivity index (χ1n) is 8.39. The smallest absolute Gasteiger partial charge is 0.342 e. The van der Waals surface area contributed by atoms with Gasteiger partial charge in [-0.2, -0.15) is 0 Å². The van der Waals surface area contributed by atoms with Crippen molar-refractivity contribution in [3.05, 3.63) is 47.5 Å². The van der Waals surface area contributed by atoms with Gasteiger partial charge in [-0.25, -0.2) is 4.79 Å². The maximum atomic E-state index is 12.3. The molecular weight excluding hydrogens is 366 g/mol. The zero-order valence-corrected chi connectivity index (χ0v) is 16.2. The normalized spacial score (nSPS) is 10.0. The predicted octanol–water partition coefficient (Wildman–Crippen LogP) is 2.19. The highest BCUT2D eigenvalue weighted by Crippen LogP contribution is 2.31. The van der Waals surface area contributed by atoms with Gasteiger partial charge in [0.25, 0.3) is 5.91 Å². The van der Waals surface area contributed by atoms with Crippen LogP contribution in [0.2, 0.25) is 0 Å². The van der Waals surface area contributed by atoms with E-state index in [4.69, 9.17) is 23.7 Å². The Morgan fingerprint density at radius 3 is 2.21 bits per heavy atom. The maximum Gasteiger partial charge on any atom is 0.342 e. The first-order valence-corrected chi connectivity index (χ1v) is 8.39. The number of hydrogen-bond donors (Lipinski definition) is 1. The Morgan fingerprint density at radius 2 is 1.57 bits per heavy atom. The van der Waals surface area contributed by atoms with Gasteiger partial charge in [0.2, 0.25) is 0 Å². The third-order valence-corrected chi connectivity index (χ3v) is 3.89. The average Bonchev–Trinajstić information content (AvgIpc) is 2.74. The van der Waals surface area contributed by atoms with Crippen LogP contribution in [0.5, 0.6) is 23.0 Å². The number of hydrogen-bond acceptors (Lipinski definition) is 7. The molecule has 0 saturated heterocycles. The van der Waals surface area contributed by atoms with Gasteiger partial charge in [-0.15, -0.1) is 0 Å². The van der Waals surface area contributed by atoms with Gasteiger partial charge in [-0.05, 0) is 29.8 Å². The molecule has 0 spiro atoms. The van der Waals surface area contributed by atoms with Crippen molar-refractivity contribution in [3.8, 4) is 23.0 Å².